The van der Waals surface area contributed by atoms with Gasteiger partial charge < -0.3 is 15.9 Å². The first-order valence-corrected chi connectivity index (χ1v) is 6.93. The van der Waals surface area contributed by atoms with Crippen LogP contribution in [0.15, 0.2) is 24.3 Å². The van der Waals surface area contributed by atoms with Gasteiger partial charge in [-0.3, -0.25) is 9.59 Å². The van der Waals surface area contributed by atoms with Crippen LogP contribution in [-0.4, -0.2) is 28.2 Å². The second-order valence-electron chi connectivity index (χ2n) is 4.39. The number of hydrogen-bond donors (Lipinski definition) is 3. The molecule has 19 heavy (non-hydrogen) atoms. The molecule has 5 nitrogen and oxygen atoms in total. The number of carboxylic acids is 2. The van der Waals surface area contributed by atoms with Crippen molar-refractivity contribution in [2.45, 2.75) is 25.3 Å². The molecular formula is C13H16INO4. The van der Waals surface area contributed by atoms with Crippen molar-refractivity contribution in [2.24, 2.45) is 11.7 Å². The molecule has 0 amide bonds. The summed E-state index contributed by atoms with van der Waals surface area (Å²) in [6.45, 7) is 0. The van der Waals surface area contributed by atoms with Crippen LogP contribution < -0.4 is 5.73 Å². The molecular weight excluding hydrogens is 361 g/mol. The lowest BCUT2D eigenvalue weighted by atomic mass is 9.93. The molecule has 1 unspecified atom stereocenters. The topological polar surface area (TPSA) is 101 Å². The van der Waals surface area contributed by atoms with E-state index in [1.165, 1.54) is 0 Å². The summed E-state index contributed by atoms with van der Waals surface area (Å²) in [5.41, 5.74) is 6.31. The van der Waals surface area contributed by atoms with Gasteiger partial charge in [-0.1, -0.05) is 12.1 Å². The van der Waals surface area contributed by atoms with E-state index in [1.54, 1.807) is 0 Å². The highest BCUT2D eigenvalue weighted by molar-refractivity contribution is 14.1. The molecule has 104 valence electrons. The summed E-state index contributed by atoms with van der Waals surface area (Å²) in [5, 5.41) is 17.8. The lowest BCUT2D eigenvalue weighted by molar-refractivity contribution is -0.143. The first-order valence-electron chi connectivity index (χ1n) is 5.85. The van der Waals surface area contributed by atoms with Crippen molar-refractivity contribution in [1.29, 1.82) is 0 Å². The lowest BCUT2D eigenvalue weighted by Crippen LogP contribution is -2.31. The molecule has 0 aromatic heterocycles. The average Bonchev–Trinajstić information content (AvgIpc) is 2.35. The fourth-order valence-corrected chi connectivity index (χ4v) is 2.08. The van der Waals surface area contributed by atoms with E-state index in [9.17, 15) is 9.59 Å². The number of rotatable bonds is 7. The van der Waals surface area contributed by atoms with E-state index in [2.05, 4.69) is 22.6 Å². The molecule has 1 aromatic rings. The smallest absolute Gasteiger partial charge is 0.320 e. The Morgan fingerprint density at radius 2 is 1.68 bits per heavy atom. The van der Waals surface area contributed by atoms with Gasteiger partial charge in [0.15, 0.2) is 0 Å². The average molecular weight is 377 g/mol. The zero-order valence-electron chi connectivity index (χ0n) is 10.3. The van der Waals surface area contributed by atoms with Crippen molar-refractivity contribution in [2.75, 3.05) is 0 Å². The minimum Gasteiger partial charge on any atom is -0.481 e. The van der Waals surface area contributed by atoms with Crippen LogP contribution in [0.1, 0.15) is 18.4 Å². The minimum absolute atomic E-state index is 0.163. The molecule has 0 aliphatic carbocycles. The highest BCUT2D eigenvalue weighted by atomic mass is 127. The lowest BCUT2D eigenvalue weighted by Gasteiger charge is -2.14. The third-order valence-electron chi connectivity index (χ3n) is 2.89. The van der Waals surface area contributed by atoms with Crippen molar-refractivity contribution in [3.63, 3.8) is 0 Å². The number of nitrogens with two attached hydrogens (primary N) is 1. The normalized spacial score (nSPS) is 13.8. The summed E-state index contributed by atoms with van der Waals surface area (Å²) >= 11 is 2.18. The predicted molar refractivity (Wildman–Crippen MR) is 78.8 cm³/mol. The number of hydrogen-bond acceptors (Lipinski definition) is 3. The largest absolute Gasteiger partial charge is 0.481 e. The van der Waals surface area contributed by atoms with Crippen molar-refractivity contribution in [1.82, 2.24) is 0 Å². The van der Waals surface area contributed by atoms with Crippen molar-refractivity contribution in [3.8, 4) is 0 Å². The fourth-order valence-electron chi connectivity index (χ4n) is 1.72. The molecule has 0 saturated carbocycles. The summed E-state index contributed by atoms with van der Waals surface area (Å²) in [7, 11) is 0. The molecule has 1 rings (SSSR count). The molecule has 2 atom stereocenters. The Morgan fingerprint density at radius 3 is 2.16 bits per heavy atom. The van der Waals surface area contributed by atoms with Gasteiger partial charge in [-0.25, -0.2) is 0 Å². The summed E-state index contributed by atoms with van der Waals surface area (Å²) in [6.07, 6.45) is 0.810. The molecule has 4 N–H and O–H groups in total. The molecule has 0 fully saturated rings. The van der Waals surface area contributed by atoms with Crippen LogP contribution in [-0.2, 0) is 16.0 Å². The van der Waals surface area contributed by atoms with E-state index in [1.807, 2.05) is 24.3 Å². The standard InChI is InChI=1S/C13H16INO4/c14-10-4-1-8(2-5-10)7-9(12(16)17)3-6-11(15)13(18)19/h1-2,4-5,9,11H,3,6-7,15H2,(H,16,17)(H,18,19)/t9?,11-/m0/s1. The minimum atomic E-state index is -1.10. The monoisotopic (exact) mass is 377 g/mol. The van der Waals surface area contributed by atoms with Crippen LogP contribution in [0.25, 0.3) is 0 Å². The van der Waals surface area contributed by atoms with E-state index in [4.69, 9.17) is 15.9 Å². The summed E-state index contributed by atoms with van der Waals surface area (Å²) in [5.74, 6) is -2.62. The third kappa shape index (κ3) is 5.56. The number of halogens is 1. The zero-order valence-corrected chi connectivity index (χ0v) is 12.4. The summed E-state index contributed by atoms with van der Waals surface area (Å²) in [6, 6.07) is 6.60. The molecule has 0 aliphatic rings. The van der Waals surface area contributed by atoms with Crippen LogP contribution in [0.3, 0.4) is 0 Å². The number of benzene rings is 1. The van der Waals surface area contributed by atoms with Gasteiger partial charge in [-0.05, 0) is 59.5 Å². The molecule has 0 heterocycles. The molecule has 0 bridgehead atoms. The molecule has 1 aromatic carbocycles. The SMILES string of the molecule is N[C@@H](CCC(Cc1ccc(I)cc1)C(=O)O)C(=O)O. The Labute approximate surface area is 124 Å². The first kappa shape index (κ1) is 15.9. The van der Waals surface area contributed by atoms with Crippen LogP contribution >= 0.6 is 22.6 Å². The highest BCUT2D eigenvalue weighted by Gasteiger charge is 2.21. The fraction of sp³-hybridized carbons (Fsp3) is 0.385. The van der Waals surface area contributed by atoms with Gasteiger partial charge in [0.2, 0.25) is 0 Å². The van der Waals surface area contributed by atoms with E-state index in [0.717, 1.165) is 9.13 Å². The van der Waals surface area contributed by atoms with Gasteiger partial charge in [0.1, 0.15) is 6.04 Å². The molecule has 0 saturated heterocycles. The van der Waals surface area contributed by atoms with Crippen molar-refractivity contribution in [3.05, 3.63) is 33.4 Å². The Balaban J connectivity index is 2.60. The van der Waals surface area contributed by atoms with E-state index in [-0.39, 0.29) is 12.8 Å². The van der Waals surface area contributed by atoms with Gasteiger partial charge in [0.25, 0.3) is 0 Å². The van der Waals surface area contributed by atoms with Gasteiger partial charge in [0.05, 0.1) is 5.92 Å². The second-order valence-corrected chi connectivity index (χ2v) is 5.63. The Hall–Kier alpha value is -1.15. The zero-order chi connectivity index (χ0) is 14.4. The Bertz CT molecular complexity index is 446. The van der Waals surface area contributed by atoms with Crippen LogP contribution in [0.2, 0.25) is 0 Å². The molecule has 0 radical (unpaired) electrons. The van der Waals surface area contributed by atoms with Crippen LogP contribution in [0.5, 0.6) is 0 Å². The third-order valence-corrected chi connectivity index (χ3v) is 3.61. The molecule has 0 spiro atoms. The predicted octanol–water partition coefficient (Wildman–Crippen LogP) is 1.73. The summed E-state index contributed by atoms with van der Waals surface area (Å²) in [4.78, 5) is 21.8. The van der Waals surface area contributed by atoms with Crippen molar-refractivity contribution < 1.29 is 19.8 Å². The van der Waals surface area contributed by atoms with Crippen molar-refractivity contribution >= 4 is 34.5 Å². The number of carboxylic acid groups (broad SMARTS) is 2. The summed E-state index contributed by atoms with van der Waals surface area (Å²) < 4.78 is 1.08. The first-order chi connectivity index (χ1) is 8.90. The maximum absolute atomic E-state index is 11.2. The van der Waals surface area contributed by atoms with Crippen LogP contribution in [0, 0.1) is 9.49 Å². The quantitative estimate of drug-likeness (QED) is 0.629. The van der Waals surface area contributed by atoms with E-state index < -0.39 is 23.9 Å². The maximum Gasteiger partial charge on any atom is 0.320 e. The second kappa shape index (κ2) is 7.44. The van der Waals surface area contributed by atoms with Gasteiger partial charge in [0, 0.05) is 3.57 Å². The number of carbonyl (C=O) groups is 2. The van der Waals surface area contributed by atoms with Crippen LogP contribution in [0.4, 0.5) is 0 Å². The number of aliphatic carboxylic acids is 2. The Morgan fingerprint density at radius 1 is 1.11 bits per heavy atom. The van der Waals surface area contributed by atoms with Gasteiger partial charge in [-0.2, -0.15) is 0 Å². The molecule has 0 aliphatic heterocycles. The highest BCUT2D eigenvalue weighted by Crippen LogP contribution is 2.17. The van der Waals surface area contributed by atoms with E-state index in [0.29, 0.717) is 6.42 Å². The maximum atomic E-state index is 11.2. The molecule has 6 heteroatoms. The van der Waals surface area contributed by atoms with Gasteiger partial charge >= 0.3 is 11.9 Å². The van der Waals surface area contributed by atoms with Gasteiger partial charge in [-0.15, -0.1) is 0 Å². The van der Waals surface area contributed by atoms with E-state index >= 15 is 0 Å². The Kier molecular flexibility index (Phi) is 6.23.